The van der Waals surface area contributed by atoms with Crippen LogP contribution >= 0.6 is 11.6 Å². The molecule has 1 aromatic heterocycles. The van der Waals surface area contributed by atoms with Gasteiger partial charge in [-0.1, -0.05) is 17.7 Å². The lowest BCUT2D eigenvalue weighted by molar-refractivity contribution is 0.0696. The molecule has 18 heavy (non-hydrogen) atoms. The fourth-order valence-corrected chi connectivity index (χ4v) is 1.43. The second-order valence-corrected chi connectivity index (χ2v) is 3.81. The Balaban J connectivity index is 2.28. The number of hydrogen-bond acceptors (Lipinski definition) is 3. The van der Waals surface area contributed by atoms with Crippen LogP contribution in [0.15, 0.2) is 36.5 Å². The van der Waals surface area contributed by atoms with E-state index in [0.29, 0.717) is 0 Å². The monoisotopic (exact) mass is 267 g/mol. The summed E-state index contributed by atoms with van der Waals surface area (Å²) in [4.78, 5) is 14.4. The number of aromatic nitrogens is 1. The van der Waals surface area contributed by atoms with Crippen molar-refractivity contribution in [3.05, 3.63) is 52.9 Å². The van der Waals surface area contributed by atoms with Gasteiger partial charge in [-0.15, -0.1) is 0 Å². The molecule has 2 rings (SSSR count). The van der Waals surface area contributed by atoms with Crippen LogP contribution in [0.25, 0.3) is 0 Å². The highest BCUT2D eigenvalue weighted by Gasteiger charge is 2.09. The van der Waals surface area contributed by atoms with E-state index in [4.69, 9.17) is 21.4 Å². The minimum atomic E-state index is -1.09. The maximum Gasteiger partial charge on any atom is 0.335 e. The largest absolute Gasteiger partial charge is 0.478 e. The van der Waals surface area contributed by atoms with E-state index in [-0.39, 0.29) is 22.2 Å². The van der Waals surface area contributed by atoms with E-state index in [1.165, 1.54) is 30.5 Å². The Bertz CT molecular complexity index is 604. The molecule has 0 spiro atoms. The van der Waals surface area contributed by atoms with Crippen molar-refractivity contribution in [3.8, 4) is 11.6 Å². The van der Waals surface area contributed by atoms with Crippen LogP contribution in [0.5, 0.6) is 11.6 Å². The van der Waals surface area contributed by atoms with Gasteiger partial charge >= 0.3 is 5.97 Å². The van der Waals surface area contributed by atoms with E-state index >= 15 is 0 Å². The summed E-state index contributed by atoms with van der Waals surface area (Å²) >= 11 is 5.55. The maximum absolute atomic E-state index is 13.4. The van der Waals surface area contributed by atoms with Crippen LogP contribution in [-0.4, -0.2) is 16.1 Å². The lowest BCUT2D eigenvalue weighted by Gasteiger charge is -2.06. The van der Waals surface area contributed by atoms with Gasteiger partial charge in [0.05, 0.1) is 10.6 Å². The molecule has 0 amide bonds. The normalized spacial score (nSPS) is 10.1. The minimum absolute atomic E-state index is 0.0434. The number of carboxylic acids is 1. The third-order valence-electron chi connectivity index (χ3n) is 2.07. The average Bonchev–Trinajstić information content (AvgIpc) is 2.33. The second-order valence-electron chi connectivity index (χ2n) is 3.38. The highest BCUT2D eigenvalue weighted by atomic mass is 35.5. The van der Waals surface area contributed by atoms with E-state index in [0.717, 1.165) is 6.07 Å². The fourth-order valence-electron chi connectivity index (χ4n) is 1.28. The zero-order valence-electron chi connectivity index (χ0n) is 8.93. The third kappa shape index (κ3) is 2.75. The first-order valence-electron chi connectivity index (χ1n) is 4.88. The second kappa shape index (κ2) is 5.01. The molecule has 0 radical (unpaired) electrons. The third-order valence-corrected chi connectivity index (χ3v) is 2.28. The van der Waals surface area contributed by atoms with Crippen LogP contribution in [0.2, 0.25) is 5.02 Å². The van der Waals surface area contributed by atoms with E-state index in [1.54, 1.807) is 0 Å². The van der Waals surface area contributed by atoms with Crippen molar-refractivity contribution in [1.29, 1.82) is 0 Å². The van der Waals surface area contributed by atoms with Gasteiger partial charge in [0.25, 0.3) is 5.88 Å². The van der Waals surface area contributed by atoms with Crippen molar-refractivity contribution in [1.82, 2.24) is 4.98 Å². The molecule has 1 heterocycles. The molecule has 0 fully saturated rings. The first-order chi connectivity index (χ1) is 8.56. The number of carboxylic acid groups (broad SMARTS) is 1. The first-order valence-corrected chi connectivity index (χ1v) is 5.26. The number of carbonyl (C=O) groups is 1. The molecule has 0 atom stereocenters. The van der Waals surface area contributed by atoms with Crippen molar-refractivity contribution in [2.24, 2.45) is 0 Å². The average molecular weight is 268 g/mol. The van der Waals surface area contributed by atoms with Crippen LogP contribution in [-0.2, 0) is 0 Å². The van der Waals surface area contributed by atoms with Crippen LogP contribution in [0.4, 0.5) is 4.39 Å². The molecule has 0 saturated heterocycles. The summed E-state index contributed by atoms with van der Waals surface area (Å²) in [5, 5.41) is 8.96. The number of pyridine rings is 1. The number of aromatic carboxylic acids is 1. The van der Waals surface area contributed by atoms with Gasteiger partial charge in [0.2, 0.25) is 0 Å². The fraction of sp³-hybridized carbons (Fsp3) is 0. The number of nitrogens with zero attached hydrogens (tertiary/aromatic N) is 1. The highest BCUT2D eigenvalue weighted by molar-refractivity contribution is 6.30. The van der Waals surface area contributed by atoms with E-state index in [2.05, 4.69) is 4.98 Å². The SMILES string of the molecule is O=C(O)c1cccc(Oc2ncc(Cl)cc2F)c1. The molecule has 1 aromatic carbocycles. The molecule has 2 aromatic rings. The van der Waals surface area contributed by atoms with Gasteiger partial charge in [-0.25, -0.2) is 14.2 Å². The summed E-state index contributed by atoms with van der Waals surface area (Å²) in [6.45, 7) is 0. The summed E-state index contributed by atoms with van der Waals surface area (Å²) in [7, 11) is 0. The molecule has 0 aliphatic carbocycles. The van der Waals surface area contributed by atoms with Crippen molar-refractivity contribution in [2.45, 2.75) is 0 Å². The minimum Gasteiger partial charge on any atom is -0.478 e. The standard InChI is InChI=1S/C12H7ClFNO3/c13-8-5-10(14)11(15-6-8)18-9-3-1-2-7(4-9)12(16)17/h1-6H,(H,16,17). The Kier molecular flexibility index (Phi) is 3.43. The van der Waals surface area contributed by atoms with Crippen LogP contribution in [0.1, 0.15) is 10.4 Å². The summed E-state index contributed by atoms with van der Waals surface area (Å²) in [6, 6.07) is 6.73. The van der Waals surface area contributed by atoms with E-state index in [1.807, 2.05) is 0 Å². The highest BCUT2D eigenvalue weighted by Crippen LogP contribution is 2.24. The summed E-state index contributed by atoms with van der Waals surface area (Å²) in [5.74, 6) is -1.89. The van der Waals surface area contributed by atoms with Gasteiger partial charge in [-0.2, -0.15) is 0 Å². The Hall–Kier alpha value is -2.14. The van der Waals surface area contributed by atoms with Gasteiger partial charge in [-0.05, 0) is 24.3 Å². The predicted octanol–water partition coefficient (Wildman–Crippen LogP) is 3.36. The topological polar surface area (TPSA) is 59.4 Å². The zero-order chi connectivity index (χ0) is 13.1. The Morgan fingerprint density at radius 2 is 2.17 bits per heavy atom. The van der Waals surface area contributed by atoms with Gasteiger partial charge in [-0.3, -0.25) is 0 Å². The quantitative estimate of drug-likeness (QED) is 0.926. The van der Waals surface area contributed by atoms with Gasteiger partial charge in [0.1, 0.15) is 5.75 Å². The van der Waals surface area contributed by atoms with Gasteiger partial charge in [0.15, 0.2) is 5.82 Å². The van der Waals surface area contributed by atoms with Crippen molar-refractivity contribution < 1.29 is 19.0 Å². The Labute approximate surface area is 107 Å². The molecule has 0 bridgehead atoms. The van der Waals surface area contributed by atoms with Crippen molar-refractivity contribution in [2.75, 3.05) is 0 Å². The number of rotatable bonds is 3. The molecule has 0 aliphatic heterocycles. The molecule has 4 nitrogen and oxygen atoms in total. The number of ether oxygens (including phenoxy) is 1. The van der Waals surface area contributed by atoms with Crippen molar-refractivity contribution >= 4 is 17.6 Å². The number of halogens is 2. The number of benzene rings is 1. The molecule has 1 N–H and O–H groups in total. The summed E-state index contributed by atoms with van der Waals surface area (Å²) in [6.07, 6.45) is 1.24. The molecular formula is C12H7ClFNO3. The lowest BCUT2D eigenvalue weighted by Crippen LogP contribution is -1.97. The molecule has 6 heteroatoms. The zero-order valence-corrected chi connectivity index (χ0v) is 9.69. The smallest absolute Gasteiger partial charge is 0.335 e. The molecule has 0 saturated carbocycles. The maximum atomic E-state index is 13.4. The lowest BCUT2D eigenvalue weighted by atomic mass is 10.2. The van der Waals surface area contributed by atoms with E-state index in [9.17, 15) is 9.18 Å². The molecular weight excluding hydrogens is 261 g/mol. The van der Waals surface area contributed by atoms with Gasteiger partial charge < -0.3 is 9.84 Å². The molecule has 0 unspecified atom stereocenters. The van der Waals surface area contributed by atoms with Crippen LogP contribution in [0, 0.1) is 5.82 Å². The summed E-state index contributed by atoms with van der Waals surface area (Å²) in [5.41, 5.74) is 0.0434. The number of hydrogen-bond donors (Lipinski definition) is 1. The Morgan fingerprint density at radius 3 is 2.83 bits per heavy atom. The van der Waals surface area contributed by atoms with Crippen LogP contribution in [0.3, 0.4) is 0 Å². The molecule has 0 aliphatic rings. The Morgan fingerprint density at radius 1 is 1.39 bits per heavy atom. The summed E-state index contributed by atoms with van der Waals surface area (Å²) < 4.78 is 18.6. The predicted molar refractivity (Wildman–Crippen MR) is 62.7 cm³/mol. The molecule has 92 valence electrons. The van der Waals surface area contributed by atoms with E-state index < -0.39 is 11.8 Å². The van der Waals surface area contributed by atoms with Gasteiger partial charge in [0, 0.05) is 6.20 Å². The van der Waals surface area contributed by atoms with Crippen LogP contribution < -0.4 is 4.74 Å². The van der Waals surface area contributed by atoms with Crippen molar-refractivity contribution in [3.63, 3.8) is 0 Å². The first kappa shape index (κ1) is 12.3.